The van der Waals surface area contributed by atoms with Gasteiger partial charge in [0, 0.05) is 23.2 Å². The van der Waals surface area contributed by atoms with E-state index in [9.17, 15) is 13.2 Å². The molecule has 9 nitrogen and oxygen atoms in total. The molecule has 1 aliphatic rings. The van der Waals surface area contributed by atoms with Gasteiger partial charge in [0.05, 0.1) is 35.9 Å². The lowest BCUT2D eigenvalue weighted by atomic mass is 10.1. The van der Waals surface area contributed by atoms with Crippen molar-refractivity contribution in [2.45, 2.75) is 25.8 Å². The molecule has 0 atom stereocenters. The molecule has 2 aromatic heterocycles. The number of carbonyl (C=O) groups excluding carboxylic acids is 1. The van der Waals surface area contributed by atoms with Gasteiger partial charge in [-0.1, -0.05) is 17.7 Å². The minimum Gasteiger partial charge on any atom is -0.494 e. The summed E-state index contributed by atoms with van der Waals surface area (Å²) in [5.41, 5.74) is 3.19. The summed E-state index contributed by atoms with van der Waals surface area (Å²) < 4.78 is 36.3. The number of hydrogen-bond donors (Lipinski definition) is 1. The SMILES string of the molecule is COc1cc2nn(C3CCS(=O)(=O)CC3)cc2cc1NC(=O)c1coc(-c2cccc(C)c2)n1. The van der Waals surface area contributed by atoms with Crippen LogP contribution >= 0.6 is 0 Å². The van der Waals surface area contributed by atoms with Gasteiger partial charge >= 0.3 is 0 Å². The molecule has 1 N–H and O–H groups in total. The standard InChI is InChI=1S/C24H24N4O5S/c1-15-4-3-5-16(10-15)24-26-21(14-33-24)23(29)25-20-11-17-13-28(27-19(17)12-22(20)32-2)18-6-8-34(30,31)9-7-18/h3-5,10-14,18H,6-9H2,1-2H3,(H,25,29). The zero-order valence-corrected chi connectivity index (χ0v) is 19.6. The first-order chi connectivity index (χ1) is 16.3. The number of nitrogens with zero attached hydrogens (tertiary/aromatic N) is 3. The first-order valence-electron chi connectivity index (χ1n) is 10.9. The van der Waals surface area contributed by atoms with Crippen LogP contribution in [0.15, 0.2) is 53.3 Å². The van der Waals surface area contributed by atoms with Crippen molar-refractivity contribution in [2.75, 3.05) is 23.9 Å². The van der Waals surface area contributed by atoms with E-state index in [4.69, 9.17) is 9.15 Å². The number of rotatable bonds is 5. The second-order valence-corrected chi connectivity index (χ2v) is 10.8. The quantitative estimate of drug-likeness (QED) is 0.459. The number of sulfone groups is 1. The lowest BCUT2D eigenvalue weighted by Gasteiger charge is -2.22. The molecule has 176 valence electrons. The first-order valence-corrected chi connectivity index (χ1v) is 12.7. The molecule has 4 aromatic rings. The zero-order valence-electron chi connectivity index (χ0n) is 18.8. The van der Waals surface area contributed by atoms with Crippen molar-refractivity contribution < 1.29 is 22.4 Å². The van der Waals surface area contributed by atoms with Gasteiger partial charge in [-0.2, -0.15) is 5.10 Å². The fourth-order valence-electron chi connectivity index (χ4n) is 4.14. The molecule has 0 radical (unpaired) electrons. The maximum absolute atomic E-state index is 12.9. The molecule has 0 spiro atoms. The van der Waals surface area contributed by atoms with Crippen LogP contribution in [-0.4, -0.2) is 47.7 Å². The van der Waals surface area contributed by atoms with Crippen LogP contribution in [0.25, 0.3) is 22.4 Å². The number of hydrogen-bond acceptors (Lipinski definition) is 7. The van der Waals surface area contributed by atoms with E-state index < -0.39 is 15.7 Å². The van der Waals surface area contributed by atoms with E-state index in [1.54, 1.807) is 12.1 Å². The third kappa shape index (κ3) is 4.41. The number of oxazole rings is 1. The Kier molecular flexibility index (Phi) is 5.60. The van der Waals surface area contributed by atoms with Gasteiger partial charge in [0.1, 0.15) is 21.8 Å². The summed E-state index contributed by atoms with van der Waals surface area (Å²) >= 11 is 0. The summed E-state index contributed by atoms with van der Waals surface area (Å²) in [4.78, 5) is 17.2. The van der Waals surface area contributed by atoms with Crippen molar-refractivity contribution in [2.24, 2.45) is 0 Å². The highest BCUT2D eigenvalue weighted by Gasteiger charge is 2.26. The van der Waals surface area contributed by atoms with Gasteiger partial charge in [-0.25, -0.2) is 13.4 Å². The van der Waals surface area contributed by atoms with Crippen LogP contribution in [0.3, 0.4) is 0 Å². The summed E-state index contributed by atoms with van der Waals surface area (Å²) in [7, 11) is -1.43. The maximum Gasteiger partial charge on any atom is 0.277 e. The lowest BCUT2D eigenvalue weighted by molar-refractivity contribution is 0.102. The summed E-state index contributed by atoms with van der Waals surface area (Å²) in [6, 6.07) is 11.2. The van der Waals surface area contributed by atoms with Gasteiger partial charge in [0.25, 0.3) is 5.91 Å². The second kappa shape index (κ2) is 8.60. The van der Waals surface area contributed by atoms with Gasteiger partial charge in [0.15, 0.2) is 5.69 Å². The van der Waals surface area contributed by atoms with E-state index in [-0.39, 0.29) is 23.2 Å². The molecule has 34 heavy (non-hydrogen) atoms. The van der Waals surface area contributed by atoms with Crippen molar-refractivity contribution in [3.05, 3.63) is 60.1 Å². The third-order valence-electron chi connectivity index (χ3n) is 5.99. The maximum atomic E-state index is 12.9. The molecule has 0 aliphatic carbocycles. The second-order valence-electron chi connectivity index (χ2n) is 8.46. The van der Waals surface area contributed by atoms with E-state index >= 15 is 0 Å². The molecule has 1 saturated heterocycles. The first kappa shape index (κ1) is 22.1. The highest BCUT2D eigenvalue weighted by molar-refractivity contribution is 7.91. The van der Waals surface area contributed by atoms with Crippen molar-refractivity contribution in [3.8, 4) is 17.2 Å². The average molecular weight is 481 g/mol. The number of carbonyl (C=O) groups is 1. The number of ether oxygens (including phenoxy) is 1. The minimum atomic E-state index is -2.95. The number of fused-ring (bicyclic) bond motifs is 1. The summed E-state index contributed by atoms with van der Waals surface area (Å²) in [6.45, 7) is 1.97. The molecule has 1 fully saturated rings. The van der Waals surface area contributed by atoms with Gasteiger partial charge in [-0.15, -0.1) is 0 Å². The smallest absolute Gasteiger partial charge is 0.277 e. The molecule has 3 heterocycles. The summed E-state index contributed by atoms with van der Waals surface area (Å²) in [5, 5.41) is 8.27. The predicted octanol–water partition coefficient (Wildman–Crippen LogP) is 4.01. The molecular formula is C24H24N4O5S. The fourth-order valence-corrected chi connectivity index (χ4v) is 5.61. The van der Waals surface area contributed by atoms with Crippen LogP contribution in [0.4, 0.5) is 5.69 Å². The fraction of sp³-hybridized carbons (Fsp3) is 0.292. The average Bonchev–Trinajstić information content (AvgIpc) is 3.46. The van der Waals surface area contributed by atoms with Gasteiger partial charge in [0.2, 0.25) is 5.89 Å². The predicted molar refractivity (Wildman–Crippen MR) is 128 cm³/mol. The Morgan fingerprint density at radius 3 is 2.74 bits per heavy atom. The van der Waals surface area contributed by atoms with E-state index in [0.717, 1.165) is 16.5 Å². The van der Waals surface area contributed by atoms with Crippen LogP contribution in [0.2, 0.25) is 0 Å². The number of methoxy groups -OCH3 is 1. The monoisotopic (exact) mass is 480 g/mol. The highest BCUT2D eigenvalue weighted by atomic mass is 32.2. The topological polar surface area (TPSA) is 116 Å². The van der Waals surface area contributed by atoms with E-state index in [1.165, 1.54) is 13.4 Å². The lowest BCUT2D eigenvalue weighted by Crippen LogP contribution is -2.25. The Labute approximate surface area is 196 Å². The Morgan fingerprint density at radius 2 is 2.00 bits per heavy atom. The van der Waals surface area contributed by atoms with Crippen LogP contribution in [0.1, 0.15) is 34.9 Å². The van der Waals surface area contributed by atoms with Crippen LogP contribution in [0.5, 0.6) is 5.75 Å². The van der Waals surface area contributed by atoms with Crippen molar-refractivity contribution in [1.82, 2.24) is 14.8 Å². The Bertz CT molecular complexity index is 1470. The minimum absolute atomic E-state index is 0.0233. The molecule has 0 bridgehead atoms. The summed E-state index contributed by atoms with van der Waals surface area (Å²) in [6.07, 6.45) is 4.27. The number of nitrogens with one attached hydrogen (secondary N) is 1. The molecule has 0 saturated carbocycles. The Morgan fingerprint density at radius 1 is 1.21 bits per heavy atom. The number of aromatic nitrogens is 3. The van der Waals surface area contributed by atoms with Crippen molar-refractivity contribution in [1.29, 1.82) is 0 Å². The number of anilines is 1. The summed E-state index contributed by atoms with van der Waals surface area (Å²) in [5.74, 6) is 0.735. The molecule has 1 amide bonds. The Hall–Kier alpha value is -3.66. The van der Waals surface area contributed by atoms with Crippen molar-refractivity contribution >= 4 is 32.3 Å². The van der Waals surface area contributed by atoms with Crippen LogP contribution < -0.4 is 10.1 Å². The van der Waals surface area contributed by atoms with Crippen LogP contribution in [-0.2, 0) is 9.84 Å². The third-order valence-corrected chi connectivity index (χ3v) is 7.71. The zero-order chi connectivity index (χ0) is 23.9. The number of benzene rings is 2. The largest absolute Gasteiger partial charge is 0.494 e. The van der Waals surface area contributed by atoms with E-state index in [1.807, 2.05) is 42.1 Å². The molecule has 1 aliphatic heterocycles. The van der Waals surface area contributed by atoms with Gasteiger partial charge in [-0.3, -0.25) is 9.48 Å². The van der Waals surface area contributed by atoms with Crippen LogP contribution in [0, 0.1) is 6.92 Å². The van der Waals surface area contributed by atoms with Gasteiger partial charge in [-0.05, 0) is 38.0 Å². The molecular weight excluding hydrogens is 456 g/mol. The molecule has 10 heteroatoms. The normalized spacial score (nSPS) is 15.9. The molecule has 0 unspecified atom stereocenters. The van der Waals surface area contributed by atoms with E-state index in [0.29, 0.717) is 35.7 Å². The van der Waals surface area contributed by atoms with Gasteiger partial charge < -0.3 is 14.5 Å². The Balaban J connectivity index is 1.38. The molecule has 2 aromatic carbocycles. The number of amides is 1. The van der Waals surface area contributed by atoms with Crippen molar-refractivity contribution in [3.63, 3.8) is 0 Å². The number of aryl methyl sites for hydroxylation is 1. The molecule has 5 rings (SSSR count). The highest BCUT2D eigenvalue weighted by Crippen LogP contribution is 2.32. The van der Waals surface area contributed by atoms with E-state index in [2.05, 4.69) is 15.4 Å².